The fraction of sp³-hybridized carbons (Fsp3) is 0.571. The lowest BCUT2D eigenvalue weighted by Gasteiger charge is -2.07. The molecule has 3 heteroatoms. The van der Waals surface area contributed by atoms with Crippen LogP contribution in [0, 0.1) is 0 Å². The molecule has 1 rings (SSSR count). The molecule has 0 bridgehead atoms. The molecular weight excluding hydrogens is 192 g/mol. The molecule has 0 N–H and O–H groups in total. The molecule has 1 aromatic heterocycles. The lowest BCUT2D eigenvalue weighted by molar-refractivity contribution is 0.530. The maximum absolute atomic E-state index is 3.95. The standard InChI is InChI=1S/C7H12N2.BrH/c1-3-7(2)9-5-4-8-6-9;/h4-7H,3H2,1-2H3;1H. The van der Waals surface area contributed by atoms with E-state index in [0.717, 1.165) is 6.42 Å². The Balaban J connectivity index is 0.000000810. The van der Waals surface area contributed by atoms with Gasteiger partial charge in [-0.3, -0.25) is 0 Å². The number of rotatable bonds is 2. The van der Waals surface area contributed by atoms with E-state index in [4.69, 9.17) is 0 Å². The van der Waals surface area contributed by atoms with Crippen molar-refractivity contribution in [2.24, 2.45) is 0 Å². The first-order chi connectivity index (χ1) is 4.34. The fourth-order valence-corrected chi connectivity index (χ4v) is 0.741. The fourth-order valence-electron chi connectivity index (χ4n) is 0.741. The van der Waals surface area contributed by atoms with E-state index in [1.54, 1.807) is 0 Å². The maximum atomic E-state index is 3.95. The van der Waals surface area contributed by atoms with Crippen molar-refractivity contribution in [1.82, 2.24) is 9.55 Å². The van der Waals surface area contributed by atoms with E-state index in [1.165, 1.54) is 0 Å². The molecule has 0 aliphatic rings. The summed E-state index contributed by atoms with van der Waals surface area (Å²) < 4.78 is 2.11. The Kier molecular flexibility index (Phi) is 4.36. The molecular formula is C7H13BrN2. The van der Waals surface area contributed by atoms with Crippen LogP contribution in [0.2, 0.25) is 0 Å². The van der Waals surface area contributed by atoms with Crippen LogP contribution in [-0.2, 0) is 0 Å². The van der Waals surface area contributed by atoms with Crippen LogP contribution >= 0.6 is 17.0 Å². The van der Waals surface area contributed by atoms with E-state index in [2.05, 4.69) is 23.4 Å². The third-order valence-electron chi connectivity index (χ3n) is 1.62. The van der Waals surface area contributed by atoms with Crippen LogP contribution < -0.4 is 0 Å². The number of halogens is 1. The highest BCUT2D eigenvalue weighted by atomic mass is 79.9. The zero-order valence-corrected chi connectivity index (χ0v) is 8.03. The summed E-state index contributed by atoms with van der Waals surface area (Å²) in [7, 11) is 0. The van der Waals surface area contributed by atoms with Crippen molar-refractivity contribution in [3.63, 3.8) is 0 Å². The molecule has 0 saturated carbocycles. The van der Waals surface area contributed by atoms with Crippen LogP contribution in [0.3, 0.4) is 0 Å². The molecule has 0 fully saturated rings. The van der Waals surface area contributed by atoms with Gasteiger partial charge in [-0.1, -0.05) is 6.92 Å². The van der Waals surface area contributed by atoms with E-state index in [-0.39, 0.29) is 17.0 Å². The number of nitrogens with zero attached hydrogens (tertiary/aromatic N) is 2. The topological polar surface area (TPSA) is 17.8 Å². The summed E-state index contributed by atoms with van der Waals surface area (Å²) in [5, 5.41) is 0. The first-order valence-electron chi connectivity index (χ1n) is 3.32. The number of imidazole rings is 1. The average Bonchev–Trinajstić information content (AvgIpc) is 2.37. The van der Waals surface area contributed by atoms with Crippen molar-refractivity contribution in [3.05, 3.63) is 18.7 Å². The smallest absolute Gasteiger partial charge is 0.0948 e. The summed E-state index contributed by atoms with van der Waals surface area (Å²) >= 11 is 0. The molecule has 1 unspecified atom stereocenters. The molecule has 0 aliphatic heterocycles. The predicted molar refractivity (Wildman–Crippen MR) is 47.6 cm³/mol. The second-order valence-corrected chi connectivity index (χ2v) is 2.27. The quantitative estimate of drug-likeness (QED) is 0.724. The zero-order valence-electron chi connectivity index (χ0n) is 6.32. The summed E-state index contributed by atoms with van der Waals surface area (Å²) in [6.07, 6.45) is 6.82. The van der Waals surface area contributed by atoms with E-state index in [0.29, 0.717) is 6.04 Å². The van der Waals surface area contributed by atoms with Crippen molar-refractivity contribution >= 4 is 17.0 Å². The van der Waals surface area contributed by atoms with Crippen LogP contribution in [0.15, 0.2) is 18.7 Å². The monoisotopic (exact) mass is 204 g/mol. The van der Waals surface area contributed by atoms with Gasteiger partial charge in [0.1, 0.15) is 0 Å². The van der Waals surface area contributed by atoms with E-state index in [1.807, 2.05) is 18.7 Å². The first kappa shape index (κ1) is 9.69. The van der Waals surface area contributed by atoms with Crippen molar-refractivity contribution in [2.45, 2.75) is 26.3 Å². The van der Waals surface area contributed by atoms with E-state index in [9.17, 15) is 0 Å². The number of aromatic nitrogens is 2. The maximum Gasteiger partial charge on any atom is 0.0948 e. The molecule has 1 heterocycles. The second-order valence-electron chi connectivity index (χ2n) is 2.27. The van der Waals surface area contributed by atoms with Crippen molar-refractivity contribution in [2.75, 3.05) is 0 Å². The Morgan fingerprint density at radius 3 is 2.70 bits per heavy atom. The van der Waals surface area contributed by atoms with Gasteiger partial charge in [0.2, 0.25) is 0 Å². The Morgan fingerprint density at radius 2 is 2.30 bits per heavy atom. The molecule has 0 aromatic carbocycles. The summed E-state index contributed by atoms with van der Waals surface area (Å²) in [6.45, 7) is 4.35. The summed E-state index contributed by atoms with van der Waals surface area (Å²) in [5.41, 5.74) is 0. The minimum Gasteiger partial charge on any atom is -0.335 e. The van der Waals surface area contributed by atoms with Gasteiger partial charge in [0.25, 0.3) is 0 Å². The summed E-state index contributed by atoms with van der Waals surface area (Å²) in [5.74, 6) is 0. The van der Waals surface area contributed by atoms with Gasteiger partial charge in [-0.2, -0.15) is 0 Å². The Morgan fingerprint density at radius 1 is 1.60 bits per heavy atom. The van der Waals surface area contributed by atoms with Crippen LogP contribution in [0.5, 0.6) is 0 Å². The lowest BCUT2D eigenvalue weighted by atomic mass is 10.3. The average molecular weight is 205 g/mol. The van der Waals surface area contributed by atoms with Crippen molar-refractivity contribution < 1.29 is 0 Å². The highest BCUT2D eigenvalue weighted by Crippen LogP contribution is 2.06. The van der Waals surface area contributed by atoms with Gasteiger partial charge in [0.05, 0.1) is 6.33 Å². The Labute approximate surface area is 72.0 Å². The highest BCUT2D eigenvalue weighted by Gasteiger charge is 1.96. The van der Waals surface area contributed by atoms with Crippen molar-refractivity contribution in [3.8, 4) is 0 Å². The van der Waals surface area contributed by atoms with Gasteiger partial charge in [-0.25, -0.2) is 4.98 Å². The molecule has 1 atom stereocenters. The minimum absolute atomic E-state index is 0. The van der Waals surface area contributed by atoms with Crippen LogP contribution in [-0.4, -0.2) is 9.55 Å². The molecule has 0 aliphatic carbocycles. The molecule has 0 amide bonds. The van der Waals surface area contributed by atoms with Gasteiger partial charge in [-0.05, 0) is 13.3 Å². The Bertz CT molecular complexity index is 160. The summed E-state index contributed by atoms with van der Waals surface area (Å²) in [6, 6.07) is 0.590. The van der Waals surface area contributed by atoms with Crippen LogP contribution in [0.4, 0.5) is 0 Å². The van der Waals surface area contributed by atoms with Gasteiger partial charge in [0, 0.05) is 18.4 Å². The molecule has 2 nitrogen and oxygen atoms in total. The molecule has 0 radical (unpaired) electrons. The van der Waals surface area contributed by atoms with Crippen LogP contribution in [0.1, 0.15) is 26.3 Å². The van der Waals surface area contributed by atoms with Crippen molar-refractivity contribution in [1.29, 1.82) is 0 Å². The lowest BCUT2D eigenvalue weighted by Crippen LogP contribution is -1.99. The highest BCUT2D eigenvalue weighted by molar-refractivity contribution is 8.93. The molecule has 0 saturated heterocycles. The van der Waals surface area contributed by atoms with Crippen LogP contribution in [0.25, 0.3) is 0 Å². The van der Waals surface area contributed by atoms with Gasteiger partial charge in [0.15, 0.2) is 0 Å². The van der Waals surface area contributed by atoms with E-state index < -0.39 is 0 Å². The SMILES string of the molecule is Br.CCC(C)n1ccnc1. The van der Waals surface area contributed by atoms with Gasteiger partial charge >= 0.3 is 0 Å². The molecule has 1 aromatic rings. The molecule has 10 heavy (non-hydrogen) atoms. The largest absolute Gasteiger partial charge is 0.335 e. The second kappa shape index (κ2) is 4.50. The number of hydrogen-bond donors (Lipinski definition) is 0. The number of hydrogen-bond acceptors (Lipinski definition) is 1. The normalized spacial score (nSPS) is 12.2. The third-order valence-corrected chi connectivity index (χ3v) is 1.62. The zero-order chi connectivity index (χ0) is 6.69. The summed E-state index contributed by atoms with van der Waals surface area (Å²) in [4.78, 5) is 3.95. The van der Waals surface area contributed by atoms with Gasteiger partial charge in [-0.15, -0.1) is 17.0 Å². The molecule has 0 spiro atoms. The molecule has 58 valence electrons. The first-order valence-corrected chi connectivity index (χ1v) is 3.32. The van der Waals surface area contributed by atoms with E-state index >= 15 is 0 Å². The third kappa shape index (κ3) is 2.14. The minimum atomic E-state index is 0. The predicted octanol–water partition coefficient (Wildman–Crippen LogP) is 2.43. The Hall–Kier alpha value is -0.310. The van der Waals surface area contributed by atoms with Gasteiger partial charge < -0.3 is 4.57 Å².